The van der Waals surface area contributed by atoms with Crippen LogP contribution in [-0.4, -0.2) is 53.3 Å². The molecular weight excluding hydrogens is 364 g/mol. The number of anilines is 1. The second-order valence-electron chi connectivity index (χ2n) is 5.98. The zero-order chi connectivity index (χ0) is 19.1. The van der Waals surface area contributed by atoms with Crippen molar-refractivity contribution in [3.63, 3.8) is 0 Å². The van der Waals surface area contributed by atoms with Crippen LogP contribution in [0, 0.1) is 0 Å². The van der Waals surface area contributed by atoms with Crippen LogP contribution in [0.2, 0.25) is 0 Å². The molecule has 27 heavy (non-hydrogen) atoms. The maximum Gasteiger partial charge on any atom is 0.248 e. The van der Waals surface area contributed by atoms with Gasteiger partial charge in [0.2, 0.25) is 11.1 Å². The summed E-state index contributed by atoms with van der Waals surface area (Å²) in [5, 5.41) is 4.35. The van der Waals surface area contributed by atoms with Gasteiger partial charge in [0.15, 0.2) is 0 Å². The molecule has 2 heterocycles. The fourth-order valence-electron chi connectivity index (χ4n) is 2.60. The van der Waals surface area contributed by atoms with E-state index in [9.17, 15) is 0 Å². The van der Waals surface area contributed by atoms with Gasteiger partial charge >= 0.3 is 0 Å². The van der Waals surface area contributed by atoms with Crippen LogP contribution in [0.15, 0.2) is 36.9 Å². The van der Waals surface area contributed by atoms with E-state index in [1.807, 2.05) is 31.4 Å². The predicted octanol–water partition coefficient (Wildman–Crippen LogP) is 2.36. The van der Waals surface area contributed by atoms with Gasteiger partial charge in [-0.3, -0.25) is 4.57 Å². The Morgan fingerprint density at radius 1 is 1.26 bits per heavy atom. The van der Waals surface area contributed by atoms with Crippen LogP contribution in [0.3, 0.4) is 0 Å². The van der Waals surface area contributed by atoms with Gasteiger partial charge in [0.25, 0.3) is 0 Å². The molecule has 0 radical (unpaired) electrons. The highest BCUT2D eigenvalue weighted by Crippen LogP contribution is 2.24. The standard InChI is InChI=1S/C18H24N6O2S/c1-23(18-21-17(22-27-18)24-10-8-20-13-24)9-4-7-19-12-14-5-6-15(25-2)11-16(14)26-3/h5-6,8,10-11,13,19H,4,7,9,12H2,1-3H3. The maximum atomic E-state index is 5.43. The number of nitrogens with one attached hydrogen (secondary N) is 1. The number of hydrogen-bond donors (Lipinski definition) is 1. The third-order valence-electron chi connectivity index (χ3n) is 4.12. The number of ether oxygens (including phenoxy) is 2. The number of benzene rings is 1. The lowest BCUT2D eigenvalue weighted by atomic mass is 10.2. The lowest BCUT2D eigenvalue weighted by Gasteiger charge is -2.15. The van der Waals surface area contributed by atoms with Crippen molar-refractivity contribution in [1.82, 2.24) is 24.2 Å². The molecule has 0 saturated heterocycles. The summed E-state index contributed by atoms with van der Waals surface area (Å²) >= 11 is 1.39. The average Bonchev–Trinajstić information content (AvgIpc) is 3.39. The zero-order valence-electron chi connectivity index (χ0n) is 15.8. The first-order chi connectivity index (χ1) is 13.2. The molecule has 3 aromatic rings. The number of aromatic nitrogens is 4. The van der Waals surface area contributed by atoms with Crippen LogP contribution in [-0.2, 0) is 6.54 Å². The molecular formula is C18H24N6O2S. The van der Waals surface area contributed by atoms with Crippen molar-refractivity contribution in [3.05, 3.63) is 42.5 Å². The largest absolute Gasteiger partial charge is 0.497 e. The molecule has 0 spiro atoms. The summed E-state index contributed by atoms with van der Waals surface area (Å²) in [6, 6.07) is 5.87. The summed E-state index contributed by atoms with van der Waals surface area (Å²) < 4.78 is 16.8. The normalized spacial score (nSPS) is 10.8. The second-order valence-corrected chi connectivity index (χ2v) is 6.71. The first-order valence-electron chi connectivity index (χ1n) is 8.66. The van der Waals surface area contributed by atoms with Gasteiger partial charge in [-0.25, -0.2) is 4.98 Å². The summed E-state index contributed by atoms with van der Waals surface area (Å²) in [6.45, 7) is 2.54. The number of imidazole rings is 1. The van der Waals surface area contributed by atoms with Crippen LogP contribution in [0.5, 0.6) is 11.5 Å². The van der Waals surface area contributed by atoms with E-state index in [4.69, 9.17) is 9.47 Å². The number of nitrogens with zero attached hydrogens (tertiary/aromatic N) is 5. The minimum atomic E-state index is 0.657. The van der Waals surface area contributed by atoms with Crippen molar-refractivity contribution in [2.75, 3.05) is 39.3 Å². The van der Waals surface area contributed by atoms with Gasteiger partial charge in [0.1, 0.15) is 17.8 Å². The Hall–Kier alpha value is -2.65. The summed E-state index contributed by atoms with van der Waals surface area (Å²) in [5.74, 6) is 2.29. The number of hydrogen-bond acceptors (Lipinski definition) is 8. The van der Waals surface area contributed by atoms with Crippen molar-refractivity contribution < 1.29 is 9.47 Å². The van der Waals surface area contributed by atoms with Crippen LogP contribution in [0.4, 0.5) is 5.13 Å². The topological polar surface area (TPSA) is 77.3 Å². The van der Waals surface area contributed by atoms with Gasteiger partial charge in [-0.05, 0) is 19.0 Å². The van der Waals surface area contributed by atoms with E-state index in [0.717, 1.165) is 48.2 Å². The minimum Gasteiger partial charge on any atom is -0.497 e. The Labute approximate surface area is 162 Å². The Morgan fingerprint density at radius 2 is 2.15 bits per heavy atom. The second kappa shape index (κ2) is 9.33. The fourth-order valence-corrected chi connectivity index (χ4v) is 3.25. The van der Waals surface area contributed by atoms with Crippen LogP contribution in [0.25, 0.3) is 5.95 Å². The lowest BCUT2D eigenvalue weighted by molar-refractivity contribution is 0.390. The summed E-state index contributed by atoms with van der Waals surface area (Å²) in [4.78, 5) is 10.7. The number of rotatable bonds is 10. The SMILES string of the molecule is COc1ccc(CNCCCN(C)c2nc(-n3ccnc3)ns2)c(OC)c1. The van der Waals surface area contributed by atoms with E-state index in [1.165, 1.54) is 11.5 Å². The average molecular weight is 388 g/mol. The van der Waals surface area contributed by atoms with E-state index in [0.29, 0.717) is 5.95 Å². The smallest absolute Gasteiger partial charge is 0.248 e. The monoisotopic (exact) mass is 388 g/mol. The molecule has 0 saturated carbocycles. The van der Waals surface area contributed by atoms with Crippen molar-refractivity contribution in [3.8, 4) is 17.4 Å². The molecule has 0 amide bonds. The highest BCUT2D eigenvalue weighted by molar-refractivity contribution is 7.09. The van der Waals surface area contributed by atoms with E-state index in [2.05, 4.69) is 24.6 Å². The molecule has 9 heteroatoms. The van der Waals surface area contributed by atoms with Gasteiger partial charge in [-0.1, -0.05) is 6.07 Å². The quantitative estimate of drug-likeness (QED) is 0.534. The molecule has 0 unspecified atom stereocenters. The fraction of sp³-hybridized carbons (Fsp3) is 0.389. The van der Waals surface area contributed by atoms with Crippen molar-refractivity contribution >= 4 is 16.7 Å². The van der Waals surface area contributed by atoms with Crippen LogP contribution >= 0.6 is 11.5 Å². The molecule has 0 aliphatic rings. The van der Waals surface area contributed by atoms with Gasteiger partial charge in [-0.2, -0.15) is 9.36 Å². The third kappa shape index (κ3) is 4.95. The van der Waals surface area contributed by atoms with Gasteiger partial charge in [0, 0.05) is 55.7 Å². The van der Waals surface area contributed by atoms with Crippen LogP contribution < -0.4 is 19.7 Å². The first kappa shape index (κ1) is 19.1. The molecule has 0 aliphatic carbocycles. The van der Waals surface area contributed by atoms with E-state index in [-0.39, 0.29) is 0 Å². The highest BCUT2D eigenvalue weighted by atomic mass is 32.1. The summed E-state index contributed by atoms with van der Waals surface area (Å²) in [6.07, 6.45) is 6.25. The molecule has 144 valence electrons. The van der Waals surface area contributed by atoms with Crippen molar-refractivity contribution in [2.45, 2.75) is 13.0 Å². The molecule has 0 aliphatic heterocycles. The maximum absolute atomic E-state index is 5.43. The van der Waals surface area contributed by atoms with Crippen LogP contribution in [0.1, 0.15) is 12.0 Å². The Bertz CT molecular complexity index is 836. The molecule has 0 fully saturated rings. The van der Waals surface area contributed by atoms with Gasteiger partial charge in [-0.15, -0.1) is 0 Å². The lowest BCUT2D eigenvalue weighted by Crippen LogP contribution is -2.23. The van der Waals surface area contributed by atoms with Crippen molar-refractivity contribution in [1.29, 1.82) is 0 Å². The Kier molecular flexibility index (Phi) is 6.61. The zero-order valence-corrected chi connectivity index (χ0v) is 16.6. The minimum absolute atomic E-state index is 0.657. The molecule has 0 bridgehead atoms. The van der Waals surface area contributed by atoms with E-state index >= 15 is 0 Å². The predicted molar refractivity (Wildman–Crippen MR) is 106 cm³/mol. The molecule has 1 N–H and O–H groups in total. The Balaban J connectivity index is 1.42. The van der Waals surface area contributed by atoms with Crippen molar-refractivity contribution in [2.24, 2.45) is 0 Å². The van der Waals surface area contributed by atoms with E-state index in [1.54, 1.807) is 31.3 Å². The van der Waals surface area contributed by atoms with Gasteiger partial charge in [0.05, 0.1) is 14.2 Å². The molecule has 8 nitrogen and oxygen atoms in total. The molecule has 3 rings (SSSR count). The third-order valence-corrected chi connectivity index (χ3v) is 4.94. The summed E-state index contributed by atoms with van der Waals surface area (Å²) in [5.41, 5.74) is 1.11. The van der Waals surface area contributed by atoms with E-state index < -0.39 is 0 Å². The Morgan fingerprint density at radius 3 is 2.89 bits per heavy atom. The summed E-state index contributed by atoms with van der Waals surface area (Å²) in [7, 11) is 5.36. The first-order valence-corrected chi connectivity index (χ1v) is 9.43. The van der Waals surface area contributed by atoms with Gasteiger partial charge < -0.3 is 19.7 Å². The molecule has 1 aromatic carbocycles. The number of methoxy groups -OCH3 is 2. The highest BCUT2D eigenvalue weighted by Gasteiger charge is 2.10. The molecule has 0 atom stereocenters. The molecule has 2 aromatic heterocycles.